The second kappa shape index (κ2) is 12.1. The molecule has 0 aromatic heterocycles. The molecule has 14 atom stereocenters. The number of fused-ring (bicyclic) bond motifs is 5. The second-order valence-corrected chi connectivity index (χ2v) is 15.7. The molecule has 0 bridgehead atoms. The van der Waals surface area contributed by atoms with Crippen molar-refractivity contribution in [1.29, 1.82) is 0 Å². The summed E-state index contributed by atoms with van der Waals surface area (Å²) in [6, 6.07) is 0. The molecule has 0 spiro atoms. The third-order valence-corrected chi connectivity index (χ3v) is 12.9. The molecule has 4 fully saturated rings. The van der Waals surface area contributed by atoms with Crippen LogP contribution in [-0.2, 0) is 9.47 Å². The number of rotatable bonds is 8. The maximum absolute atomic E-state index is 10.8. The van der Waals surface area contributed by atoms with Crippen LogP contribution >= 0.6 is 12.6 Å². The fraction of sp³-hybridized carbons (Fsp3) is 0.939. The first-order valence-electron chi connectivity index (χ1n) is 16.3. The van der Waals surface area contributed by atoms with Crippen LogP contribution in [0.1, 0.15) is 105 Å². The van der Waals surface area contributed by atoms with Gasteiger partial charge >= 0.3 is 0 Å². The Hall–Kier alpha value is -0.150. The lowest BCUT2D eigenvalue weighted by Crippen LogP contribution is -2.60. The number of allylic oxidation sites excluding steroid dienone is 1. The van der Waals surface area contributed by atoms with E-state index in [1.807, 2.05) is 0 Å². The van der Waals surface area contributed by atoms with Crippen LogP contribution in [0, 0.1) is 46.3 Å². The maximum Gasteiger partial charge on any atom is 0.184 e. The summed E-state index contributed by atoms with van der Waals surface area (Å²) in [4.78, 5) is 0. The normalized spacial score (nSPS) is 48.6. The average molecular weight is 581 g/mol. The van der Waals surface area contributed by atoms with E-state index in [1.54, 1.807) is 0 Å². The quantitative estimate of drug-likeness (QED) is 0.148. The van der Waals surface area contributed by atoms with Gasteiger partial charge in [0.05, 0.1) is 6.10 Å². The lowest BCUT2D eigenvalue weighted by atomic mass is 9.47. The summed E-state index contributed by atoms with van der Waals surface area (Å²) in [5, 5.41) is 41.2. The highest BCUT2D eigenvalue weighted by Crippen LogP contribution is 2.67. The van der Waals surface area contributed by atoms with Gasteiger partial charge in [-0.2, -0.15) is 0 Å². The zero-order chi connectivity index (χ0) is 29.0. The molecule has 0 radical (unpaired) electrons. The van der Waals surface area contributed by atoms with Crippen molar-refractivity contribution in [2.75, 3.05) is 0 Å². The molecule has 3 saturated carbocycles. The molecule has 230 valence electrons. The predicted molar refractivity (Wildman–Crippen MR) is 160 cm³/mol. The van der Waals surface area contributed by atoms with Crippen LogP contribution in [0.4, 0.5) is 0 Å². The fourth-order valence-corrected chi connectivity index (χ4v) is 10.5. The van der Waals surface area contributed by atoms with Crippen LogP contribution in [0.15, 0.2) is 11.6 Å². The van der Waals surface area contributed by atoms with Crippen LogP contribution < -0.4 is 0 Å². The average Bonchev–Trinajstić information content (AvgIpc) is 3.26. The molecule has 6 nitrogen and oxygen atoms in total. The van der Waals surface area contributed by atoms with Gasteiger partial charge in [0.15, 0.2) is 6.29 Å². The van der Waals surface area contributed by atoms with Crippen LogP contribution in [-0.4, -0.2) is 62.7 Å². The molecule has 7 heteroatoms. The molecule has 4 aliphatic carbocycles. The summed E-state index contributed by atoms with van der Waals surface area (Å²) in [6.07, 6.45) is 9.01. The molecule has 0 aromatic carbocycles. The van der Waals surface area contributed by atoms with Gasteiger partial charge in [-0.3, -0.25) is 0 Å². The topological polar surface area (TPSA) is 99.4 Å². The minimum Gasteiger partial charge on any atom is -0.387 e. The molecule has 4 N–H and O–H groups in total. The molecule has 5 rings (SSSR count). The smallest absolute Gasteiger partial charge is 0.184 e. The SMILES string of the molecule is CC(C)CCC[C@@H](C)[C@H]1CCC2C3CC=C4CC(OC(O)[C@H]5O[C@@H](S)[C@H](O)[C@@H](O)[C@H]5O)CC[C@]4(C)C3CC[C@@]21C. The van der Waals surface area contributed by atoms with Gasteiger partial charge in [-0.05, 0) is 97.7 Å². The number of aliphatic hydroxyl groups is 4. The standard InChI is InChI=1S/C33H56O6S/c1-18(2)7-6-8-19(3)23-11-12-24-22-10-9-20-17-21(13-15-32(20,4)25(22)14-16-33(23,24)5)38-30(37)29-27(35)26(34)28(36)31(40)39-29/h9,18-19,21-31,34-37,40H,6-8,10-17H2,1-5H3/t19-,21?,22?,23-,24?,25?,26+,27-,28-,29+,30?,31+,32+,33-/m1/s1. The van der Waals surface area contributed by atoms with E-state index in [9.17, 15) is 20.4 Å². The van der Waals surface area contributed by atoms with E-state index in [1.165, 1.54) is 50.5 Å². The summed E-state index contributed by atoms with van der Waals surface area (Å²) in [7, 11) is 0. The molecule has 5 unspecified atom stereocenters. The van der Waals surface area contributed by atoms with Gasteiger partial charge in [0.25, 0.3) is 0 Å². The third kappa shape index (κ3) is 5.59. The largest absolute Gasteiger partial charge is 0.387 e. The minimum atomic E-state index is -1.44. The zero-order valence-corrected chi connectivity index (χ0v) is 26.3. The van der Waals surface area contributed by atoms with Crippen molar-refractivity contribution in [1.82, 2.24) is 0 Å². The first-order chi connectivity index (χ1) is 18.9. The Kier molecular flexibility index (Phi) is 9.45. The van der Waals surface area contributed by atoms with Gasteiger partial charge < -0.3 is 29.9 Å². The Morgan fingerprint density at radius 1 is 0.975 bits per heavy atom. The molecule has 5 aliphatic rings. The van der Waals surface area contributed by atoms with Gasteiger partial charge in [-0.15, -0.1) is 12.6 Å². The molecule has 1 saturated heterocycles. The summed E-state index contributed by atoms with van der Waals surface area (Å²) in [6.45, 7) is 12.4. The lowest BCUT2D eigenvalue weighted by molar-refractivity contribution is -0.277. The molecule has 1 heterocycles. The Labute approximate surface area is 247 Å². The molecule has 0 aromatic rings. The van der Waals surface area contributed by atoms with Gasteiger partial charge in [0.2, 0.25) is 0 Å². The first kappa shape index (κ1) is 31.3. The van der Waals surface area contributed by atoms with Crippen molar-refractivity contribution in [3.05, 3.63) is 11.6 Å². The number of hydrogen-bond donors (Lipinski definition) is 5. The first-order valence-corrected chi connectivity index (χ1v) is 16.8. The number of thiol groups is 1. The fourth-order valence-electron chi connectivity index (χ4n) is 10.2. The van der Waals surface area contributed by atoms with Gasteiger partial charge in [-0.25, -0.2) is 0 Å². The van der Waals surface area contributed by atoms with Crippen molar-refractivity contribution in [3.8, 4) is 0 Å². The second-order valence-electron chi connectivity index (χ2n) is 15.1. The highest BCUT2D eigenvalue weighted by atomic mass is 32.1. The Morgan fingerprint density at radius 2 is 1.73 bits per heavy atom. The summed E-state index contributed by atoms with van der Waals surface area (Å²) in [5.74, 6) is 4.81. The lowest BCUT2D eigenvalue weighted by Gasteiger charge is -2.58. The van der Waals surface area contributed by atoms with E-state index in [2.05, 4.69) is 53.3 Å². The number of aliphatic hydroxyl groups excluding tert-OH is 4. The van der Waals surface area contributed by atoms with Gasteiger partial charge in [0.1, 0.15) is 29.9 Å². The Balaban J connectivity index is 1.22. The van der Waals surface area contributed by atoms with E-state index >= 15 is 0 Å². The van der Waals surface area contributed by atoms with Crippen LogP contribution in [0.3, 0.4) is 0 Å². The minimum absolute atomic E-state index is 0.166. The van der Waals surface area contributed by atoms with Crippen molar-refractivity contribution < 1.29 is 29.9 Å². The van der Waals surface area contributed by atoms with E-state index in [0.717, 1.165) is 61.2 Å². The van der Waals surface area contributed by atoms with Crippen LogP contribution in [0.2, 0.25) is 0 Å². The van der Waals surface area contributed by atoms with E-state index in [-0.39, 0.29) is 11.5 Å². The molecule has 0 amide bonds. The number of hydrogen-bond acceptors (Lipinski definition) is 7. The summed E-state index contributed by atoms with van der Waals surface area (Å²) < 4.78 is 11.5. The summed E-state index contributed by atoms with van der Waals surface area (Å²) >= 11 is 4.14. The Morgan fingerprint density at radius 3 is 2.45 bits per heavy atom. The molecule has 1 aliphatic heterocycles. The molecule has 40 heavy (non-hydrogen) atoms. The maximum atomic E-state index is 10.8. The predicted octanol–water partition coefficient (Wildman–Crippen LogP) is 5.47. The van der Waals surface area contributed by atoms with E-state index in [0.29, 0.717) is 5.41 Å². The molecular weight excluding hydrogens is 524 g/mol. The molecular formula is C33H56O6S. The van der Waals surface area contributed by atoms with Crippen molar-refractivity contribution >= 4 is 12.6 Å². The van der Waals surface area contributed by atoms with Crippen molar-refractivity contribution in [2.45, 2.75) is 147 Å². The zero-order valence-electron chi connectivity index (χ0n) is 25.4. The van der Waals surface area contributed by atoms with Crippen molar-refractivity contribution in [2.24, 2.45) is 46.3 Å². The van der Waals surface area contributed by atoms with E-state index in [4.69, 9.17) is 9.47 Å². The monoisotopic (exact) mass is 580 g/mol. The highest BCUT2D eigenvalue weighted by Gasteiger charge is 2.59. The highest BCUT2D eigenvalue weighted by molar-refractivity contribution is 7.80. The van der Waals surface area contributed by atoms with Crippen molar-refractivity contribution in [3.63, 3.8) is 0 Å². The summed E-state index contributed by atoms with van der Waals surface area (Å²) in [5.41, 5.74) is 1.15. The number of ether oxygens (including phenoxy) is 2. The van der Waals surface area contributed by atoms with E-state index < -0.39 is 36.1 Å². The van der Waals surface area contributed by atoms with Gasteiger partial charge in [-0.1, -0.05) is 65.5 Å². The third-order valence-electron chi connectivity index (χ3n) is 12.5. The van der Waals surface area contributed by atoms with Gasteiger partial charge in [0, 0.05) is 0 Å². The Bertz CT molecular complexity index is 911. The van der Waals surface area contributed by atoms with Crippen LogP contribution in [0.5, 0.6) is 0 Å². The van der Waals surface area contributed by atoms with Crippen LogP contribution in [0.25, 0.3) is 0 Å².